The van der Waals surface area contributed by atoms with E-state index in [-0.39, 0.29) is 0 Å². The lowest BCUT2D eigenvalue weighted by atomic mass is 9.89. The molecule has 2 atom stereocenters. The molecule has 0 radical (unpaired) electrons. The van der Waals surface area contributed by atoms with Gasteiger partial charge < -0.3 is 4.74 Å². The van der Waals surface area contributed by atoms with Gasteiger partial charge in [0.2, 0.25) is 0 Å². The third-order valence-corrected chi connectivity index (χ3v) is 2.47. The molecular weight excluding hydrogens is 126 g/mol. The summed E-state index contributed by atoms with van der Waals surface area (Å²) >= 11 is 0. The summed E-state index contributed by atoms with van der Waals surface area (Å²) in [6, 6.07) is 0.845. The van der Waals surface area contributed by atoms with E-state index < -0.39 is 0 Å². The molecule has 0 aromatic rings. The molecule has 2 unspecified atom stereocenters. The number of rotatable bonds is 2. The van der Waals surface area contributed by atoms with E-state index in [4.69, 9.17) is 4.74 Å². The predicted molar refractivity (Wildman–Crippen MR) is 40.0 cm³/mol. The summed E-state index contributed by atoms with van der Waals surface area (Å²) in [5.41, 5.74) is 0.491. The first kappa shape index (κ1) is 6.62. The Bertz CT molecular complexity index is 142. The average molecular weight is 141 g/mol. The predicted octanol–water partition coefficient (Wildman–Crippen LogP) is 0.727. The van der Waals surface area contributed by atoms with Gasteiger partial charge in [-0.1, -0.05) is 6.92 Å². The Morgan fingerprint density at radius 3 is 2.50 bits per heavy atom. The Kier molecular flexibility index (Phi) is 1.29. The van der Waals surface area contributed by atoms with E-state index in [2.05, 4.69) is 18.7 Å². The van der Waals surface area contributed by atoms with Gasteiger partial charge in [-0.15, -0.1) is 0 Å². The highest BCUT2D eigenvalue weighted by Crippen LogP contribution is 2.31. The zero-order valence-corrected chi connectivity index (χ0v) is 6.76. The zero-order valence-electron chi connectivity index (χ0n) is 6.76. The van der Waals surface area contributed by atoms with Crippen molar-refractivity contribution >= 4 is 0 Å². The second kappa shape index (κ2) is 1.95. The van der Waals surface area contributed by atoms with E-state index in [1.54, 1.807) is 0 Å². The Balaban J connectivity index is 1.79. The first-order valence-electron chi connectivity index (χ1n) is 4.01. The standard InChI is InChI=1S/C8H15NO/c1-7-3-9(7)4-8(2)5-10-6-8/h7H,3-6H2,1-2H3. The quantitative estimate of drug-likeness (QED) is 0.525. The van der Waals surface area contributed by atoms with E-state index in [1.807, 2.05) is 0 Å². The Morgan fingerprint density at radius 2 is 2.20 bits per heavy atom. The number of ether oxygens (including phenoxy) is 1. The van der Waals surface area contributed by atoms with Crippen molar-refractivity contribution in [3.05, 3.63) is 0 Å². The van der Waals surface area contributed by atoms with Gasteiger partial charge in [-0.3, -0.25) is 4.90 Å². The molecule has 2 heterocycles. The Hall–Kier alpha value is -0.0800. The van der Waals surface area contributed by atoms with Gasteiger partial charge in [-0.2, -0.15) is 0 Å². The SMILES string of the molecule is CC1CN1CC1(C)COC1. The van der Waals surface area contributed by atoms with Crippen LogP contribution in [0.2, 0.25) is 0 Å². The maximum absolute atomic E-state index is 5.18. The molecule has 0 N–H and O–H groups in total. The normalized spacial score (nSPS) is 42.6. The molecule has 58 valence electrons. The molecule has 2 fully saturated rings. The minimum atomic E-state index is 0.491. The summed E-state index contributed by atoms with van der Waals surface area (Å²) in [4.78, 5) is 2.50. The van der Waals surface area contributed by atoms with Crippen LogP contribution < -0.4 is 0 Å². The average Bonchev–Trinajstić information content (AvgIpc) is 2.43. The number of hydrogen-bond donors (Lipinski definition) is 0. The van der Waals surface area contributed by atoms with Crippen molar-refractivity contribution < 1.29 is 4.74 Å². The maximum atomic E-state index is 5.18. The van der Waals surface area contributed by atoms with Crippen molar-refractivity contribution in [2.45, 2.75) is 19.9 Å². The van der Waals surface area contributed by atoms with Crippen molar-refractivity contribution in [2.24, 2.45) is 5.41 Å². The molecule has 0 aliphatic carbocycles. The van der Waals surface area contributed by atoms with Crippen LogP contribution in [0.1, 0.15) is 13.8 Å². The van der Waals surface area contributed by atoms with Gasteiger partial charge in [0.05, 0.1) is 13.2 Å². The zero-order chi connectivity index (χ0) is 7.19. The molecule has 0 bridgehead atoms. The molecule has 2 aliphatic heterocycles. The van der Waals surface area contributed by atoms with Crippen LogP contribution in [-0.2, 0) is 4.74 Å². The van der Waals surface area contributed by atoms with E-state index in [9.17, 15) is 0 Å². The maximum Gasteiger partial charge on any atom is 0.0554 e. The summed E-state index contributed by atoms with van der Waals surface area (Å²) in [6.07, 6.45) is 0. The second-order valence-electron chi connectivity index (χ2n) is 4.08. The van der Waals surface area contributed by atoms with Gasteiger partial charge in [0.15, 0.2) is 0 Å². The fraction of sp³-hybridized carbons (Fsp3) is 1.00. The smallest absolute Gasteiger partial charge is 0.0554 e. The van der Waals surface area contributed by atoms with E-state index in [0.29, 0.717) is 5.41 Å². The highest BCUT2D eigenvalue weighted by Gasteiger charge is 2.40. The van der Waals surface area contributed by atoms with Crippen molar-refractivity contribution in [3.8, 4) is 0 Å². The number of hydrogen-bond acceptors (Lipinski definition) is 2. The molecule has 10 heavy (non-hydrogen) atoms. The third-order valence-electron chi connectivity index (χ3n) is 2.47. The summed E-state index contributed by atoms with van der Waals surface area (Å²) in [6.45, 7) is 9.07. The van der Waals surface area contributed by atoms with Gasteiger partial charge in [0.1, 0.15) is 0 Å². The van der Waals surface area contributed by atoms with E-state index in [0.717, 1.165) is 19.3 Å². The van der Waals surface area contributed by atoms with Crippen LogP contribution in [0, 0.1) is 5.41 Å². The second-order valence-corrected chi connectivity index (χ2v) is 4.08. The van der Waals surface area contributed by atoms with Crippen molar-refractivity contribution in [3.63, 3.8) is 0 Å². The van der Waals surface area contributed by atoms with Gasteiger partial charge >= 0.3 is 0 Å². The molecule has 2 nitrogen and oxygen atoms in total. The molecule has 2 rings (SSSR count). The van der Waals surface area contributed by atoms with Crippen LogP contribution in [0.3, 0.4) is 0 Å². The summed E-state index contributed by atoms with van der Waals surface area (Å²) in [7, 11) is 0. The first-order valence-corrected chi connectivity index (χ1v) is 4.01. The van der Waals surface area contributed by atoms with Gasteiger partial charge in [0, 0.05) is 24.5 Å². The lowest BCUT2D eigenvalue weighted by Crippen LogP contribution is -2.45. The monoisotopic (exact) mass is 141 g/mol. The van der Waals surface area contributed by atoms with E-state index in [1.165, 1.54) is 13.1 Å². The molecular formula is C8H15NO. The molecule has 0 aromatic heterocycles. The molecule has 0 saturated carbocycles. The van der Waals surface area contributed by atoms with Crippen LogP contribution in [-0.4, -0.2) is 37.2 Å². The Morgan fingerprint density at radius 1 is 1.60 bits per heavy atom. The molecule has 2 saturated heterocycles. The minimum Gasteiger partial charge on any atom is -0.380 e. The van der Waals surface area contributed by atoms with Crippen molar-refractivity contribution in [1.29, 1.82) is 0 Å². The van der Waals surface area contributed by atoms with E-state index >= 15 is 0 Å². The molecule has 0 spiro atoms. The highest BCUT2D eigenvalue weighted by atomic mass is 16.5. The first-order chi connectivity index (χ1) is 4.70. The molecule has 0 amide bonds. The molecule has 0 aromatic carbocycles. The number of nitrogens with zero attached hydrogens (tertiary/aromatic N) is 1. The third kappa shape index (κ3) is 1.06. The van der Waals surface area contributed by atoms with Crippen LogP contribution in [0.5, 0.6) is 0 Å². The lowest BCUT2D eigenvalue weighted by Gasteiger charge is -2.38. The van der Waals surface area contributed by atoms with Gasteiger partial charge in [-0.05, 0) is 6.92 Å². The highest BCUT2D eigenvalue weighted by molar-refractivity contribution is 4.93. The molecule has 2 aliphatic rings. The fourth-order valence-electron chi connectivity index (χ4n) is 1.54. The van der Waals surface area contributed by atoms with Gasteiger partial charge in [-0.25, -0.2) is 0 Å². The summed E-state index contributed by atoms with van der Waals surface area (Å²) in [5.74, 6) is 0. The Labute approximate surface area is 62.2 Å². The lowest BCUT2D eigenvalue weighted by molar-refractivity contribution is -0.106. The fourth-order valence-corrected chi connectivity index (χ4v) is 1.54. The van der Waals surface area contributed by atoms with Gasteiger partial charge in [0.25, 0.3) is 0 Å². The van der Waals surface area contributed by atoms with Crippen LogP contribution in [0.15, 0.2) is 0 Å². The largest absolute Gasteiger partial charge is 0.380 e. The van der Waals surface area contributed by atoms with Crippen molar-refractivity contribution in [2.75, 3.05) is 26.3 Å². The van der Waals surface area contributed by atoms with Crippen LogP contribution in [0.25, 0.3) is 0 Å². The summed E-state index contributed by atoms with van der Waals surface area (Å²) in [5, 5.41) is 0. The minimum absolute atomic E-state index is 0.491. The van der Waals surface area contributed by atoms with Crippen molar-refractivity contribution in [1.82, 2.24) is 4.90 Å². The molecule has 2 heteroatoms. The van der Waals surface area contributed by atoms with Crippen LogP contribution >= 0.6 is 0 Å². The van der Waals surface area contributed by atoms with Crippen LogP contribution in [0.4, 0.5) is 0 Å². The topological polar surface area (TPSA) is 12.2 Å². The summed E-state index contributed by atoms with van der Waals surface area (Å²) < 4.78 is 5.18.